The molecule has 0 aromatic heterocycles. The first-order chi connectivity index (χ1) is 5.02. The van der Waals surface area contributed by atoms with Crippen LogP contribution >= 0.6 is 0 Å². The molecule has 5 heteroatoms. The first-order valence-electron chi connectivity index (χ1n) is 2.67. The Hall–Kier alpha value is -1.13. The molecule has 0 aliphatic carbocycles. The summed E-state index contributed by atoms with van der Waals surface area (Å²) in [5, 5.41) is 0. The molecule has 0 saturated heterocycles. The molecule has 0 aliphatic rings. The lowest BCUT2D eigenvalue weighted by Gasteiger charge is -2.14. The molecule has 0 unspecified atom stereocenters. The van der Waals surface area contributed by atoms with E-state index in [4.69, 9.17) is 0 Å². The summed E-state index contributed by atoms with van der Waals surface area (Å²) in [6.45, 7) is 5.76. The van der Waals surface area contributed by atoms with Crippen molar-refractivity contribution < 1.29 is 23.0 Å². The smallest absolute Gasteiger partial charge is 0.398 e. The fourth-order valence-corrected chi connectivity index (χ4v) is 0.392. The van der Waals surface area contributed by atoms with Crippen LogP contribution in [0.3, 0.4) is 0 Å². The monoisotopic (exact) mass is 168 g/mol. The maximum absolute atomic E-state index is 12.3. The molecule has 0 fully saturated rings. The van der Waals surface area contributed by atoms with E-state index in [2.05, 4.69) is 22.8 Å². The Labute approximate surface area is 61.8 Å². The minimum absolute atomic E-state index is 0.727. The van der Waals surface area contributed by atoms with Crippen LogP contribution in [0.25, 0.3) is 0 Å². The van der Waals surface area contributed by atoms with Crippen molar-refractivity contribution >= 4 is 0 Å². The van der Waals surface area contributed by atoms with Gasteiger partial charge in [0.05, 0.1) is 6.42 Å². The fourth-order valence-electron chi connectivity index (χ4n) is 0.392. The van der Waals surface area contributed by atoms with E-state index in [0.29, 0.717) is 0 Å². The van der Waals surface area contributed by atoms with Gasteiger partial charge in [0, 0.05) is 4.53 Å². The second-order valence-corrected chi connectivity index (χ2v) is 1.68. The molecule has 0 saturated carbocycles. The van der Waals surface area contributed by atoms with Crippen LogP contribution in [0, 0.1) is 0 Å². The fraction of sp³-hybridized carbons (Fsp3) is 0.333. The van der Waals surface area contributed by atoms with Gasteiger partial charge in [0.2, 0.25) is 0 Å². The highest BCUT2D eigenvalue weighted by atomic mass is 19.3. The van der Waals surface area contributed by atoms with Gasteiger partial charge >= 0.3 is 12.1 Å². The zero-order valence-electron chi connectivity index (χ0n) is 5.65. The van der Waals surface area contributed by atoms with Crippen molar-refractivity contribution in [1.29, 1.82) is 0 Å². The second kappa shape index (κ2) is 3.90. The summed E-state index contributed by atoms with van der Waals surface area (Å²) in [5.74, 6) is -1.07. The molecule has 0 aliphatic heterocycles. The zero-order valence-corrected chi connectivity index (χ0v) is 5.65. The van der Waals surface area contributed by atoms with Crippen molar-refractivity contribution in [3.63, 3.8) is 0 Å². The van der Waals surface area contributed by atoms with Gasteiger partial charge in [-0.25, -0.2) is 0 Å². The van der Waals surface area contributed by atoms with Gasteiger partial charge in [0.15, 0.2) is 0 Å². The quantitative estimate of drug-likeness (QED) is 0.464. The maximum Gasteiger partial charge on any atom is 0.403 e. The first kappa shape index (κ1) is 9.87. The average Bonchev–Trinajstić information content (AvgIpc) is 1.86. The summed E-state index contributed by atoms with van der Waals surface area (Å²) in [6, 6.07) is 0. The van der Waals surface area contributed by atoms with Gasteiger partial charge in [-0.05, 0) is 6.58 Å². The van der Waals surface area contributed by atoms with Gasteiger partial charge in [0.25, 0.3) is 0 Å². The van der Waals surface area contributed by atoms with E-state index >= 15 is 0 Å². The second-order valence-electron chi connectivity index (χ2n) is 1.68. The SMILES string of the molecule is C=CCC(F)(F)OC(=C)OF. The van der Waals surface area contributed by atoms with Crippen molar-refractivity contribution in [3.05, 3.63) is 25.2 Å². The number of hydrogen-bond acceptors (Lipinski definition) is 2. The minimum Gasteiger partial charge on any atom is -0.398 e. The molecular weight excluding hydrogens is 161 g/mol. The number of halogens is 3. The molecule has 0 bridgehead atoms. The summed E-state index contributed by atoms with van der Waals surface area (Å²) in [6.07, 6.45) is -3.30. The maximum atomic E-state index is 12.3. The zero-order chi connectivity index (χ0) is 8.91. The first-order valence-corrected chi connectivity index (χ1v) is 2.67. The van der Waals surface area contributed by atoms with Gasteiger partial charge in [-0.15, -0.1) is 6.58 Å². The molecule has 0 N–H and O–H groups in total. The van der Waals surface area contributed by atoms with Crippen LogP contribution in [0.5, 0.6) is 0 Å². The van der Waals surface area contributed by atoms with Crippen LogP contribution < -0.4 is 0 Å². The topological polar surface area (TPSA) is 18.5 Å². The number of hydrogen-bond donors (Lipinski definition) is 0. The summed E-state index contributed by atoms with van der Waals surface area (Å²) >= 11 is 0. The average molecular weight is 168 g/mol. The Morgan fingerprint density at radius 1 is 1.55 bits per heavy atom. The molecule has 0 rings (SSSR count). The summed E-state index contributed by atoms with van der Waals surface area (Å²) < 4.78 is 39.2. The van der Waals surface area contributed by atoms with E-state index in [9.17, 15) is 13.3 Å². The van der Waals surface area contributed by atoms with Crippen molar-refractivity contribution in [3.8, 4) is 0 Å². The van der Waals surface area contributed by atoms with E-state index in [1.54, 1.807) is 0 Å². The van der Waals surface area contributed by atoms with Gasteiger partial charge in [0.1, 0.15) is 0 Å². The number of rotatable bonds is 5. The lowest BCUT2D eigenvalue weighted by molar-refractivity contribution is -0.269. The van der Waals surface area contributed by atoms with Crippen LogP contribution in [0.2, 0.25) is 0 Å². The van der Waals surface area contributed by atoms with Crippen LogP contribution in [0.1, 0.15) is 6.42 Å². The summed E-state index contributed by atoms with van der Waals surface area (Å²) in [5.41, 5.74) is 0. The third-order valence-corrected chi connectivity index (χ3v) is 0.731. The molecule has 64 valence electrons. The summed E-state index contributed by atoms with van der Waals surface area (Å²) in [7, 11) is 0. The highest BCUT2D eigenvalue weighted by Crippen LogP contribution is 2.23. The van der Waals surface area contributed by atoms with Crippen LogP contribution in [-0.2, 0) is 9.68 Å². The Morgan fingerprint density at radius 3 is 2.45 bits per heavy atom. The van der Waals surface area contributed by atoms with Crippen LogP contribution in [-0.4, -0.2) is 6.11 Å². The van der Waals surface area contributed by atoms with Gasteiger partial charge in [-0.1, -0.05) is 6.08 Å². The predicted molar refractivity (Wildman–Crippen MR) is 32.2 cm³/mol. The van der Waals surface area contributed by atoms with Crippen molar-refractivity contribution in [1.82, 2.24) is 0 Å². The van der Waals surface area contributed by atoms with Crippen LogP contribution in [0.4, 0.5) is 13.3 Å². The Morgan fingerprint density at radius 2 is 2.09 bits per heavy atom. The summed E-state index contributed by atoms with van der Waals surface area (Å²) in [4.78, 5) is 2.80. The molecule has 0 amide bonds. The Bertz CT molecular complexity index is 156. The molecule has 0 aromatic rings. The van der Waals surface area contributed by atoms with E-state index in [-0.39, 0.29) is 0 Å². The van der Waals surface area contributed by atoms with E-state index in [1.807, 2.05) is 0 Å². The molecule has 11 heavy (non-hydrogen) atoms. The predicted octanol–water partition coefficient (Wildman–Crippen LogP) is 2.54. The van der Waals surface area contributed by atoms with E-state index < -0.39 is 18.5 Å². The minimum atomic E-state index is -3.51. The molecule has 0 spiro atoms. The largest absolute Gasteiger partial charge is 0.403 e. The van der Waals surface area contributed by atoms with Gasteiger partial charge in [-0.2, -0.15) is 8.78 Å². The Balaban J connectivity index is 3.89. The van der Waals surface area contributed by atoms with Crippen molar-refractivity contribution in [2.45, 2.75) is 12.5 Å². The molecule has 2 nitrogen and oxygen atoms in total. The van der Waals surface area contributed by atoms with Gasteiger partial charge in [-0.3, -0.25) is 4.94 Å². The van der Waals surface area contributed by atoms with Crippen molar-refractivity contribution in [2.75, 3.05) is 0 Å². The van der Waals surface area contributed by atoms with E-state index in [1.165, 1.54) is 0 Å². The number of ether oxygens (including phenoxy) is 1. The molecule has 0 atom stereocenters. The standard InChI is InChI=1S/C6H7F3O2/c1-3-4-6(7,8)10-5(2)11-9/h3H,1-2,4H2. The normalized spacial score (nSPS) is 10.5. The third-order valence-electron chi connectivity index (χ3n) is 0.731. The molecular formula is C6H7F3O2. The number of alkyl halides is 2. The van der Waals surface area contributed by atoms with E-state index in [0.717, 1.165) is 6.08 Å². The lowest BCUT2D eigenvalue weighted by atomic mass is 10.4. The molecule has 0 heterocycles. The third kappa shape index (κ3) is 4.30. The van der Waals surface area contributed by atoms with Crippen LogP contribution in [0.15, 0.2) is 25.2 Å². The molecule has 0 aromatic carbocycles. The Kier molecular flexibility index (Phi) is 3.50. The van der Waals surface area contributed by atoms with Gasteiger partial charge < -0.3 is 4.74 Å². The highest BCUT2D eigenvalue weighted by molar-refractivity contribution is 4.76. The van der Waals surface area contributed by atoms with Crippen molar-refractivity contribution in [2.24, 2.45) is 0 Å². The molecule has 0 radical (unpaired) electrons. The lowest BCUT2D eigenvalue weighted by Crippen LogP contribution is -2.19. The highest BCUT2D eigenvalue weighted by Gasteiger charge is 2.30.